The Bertz CT molecular complexity index is 344. The van der Waals surface area contributed by atoms with Crippen molar-refractivity contribution >= 4 is 5.69 Å². The van der Waals surface area contributed by atoms with Crippen LogP contribution in [0.2, 0.25) is 0 Å². The second-order valence-corrected chi connectivity index (χ2v) is 3.92. The van der Waals surface area contributed by atoms with Crippen molar-refractivity contribution in [3.63, 3.8) is 0 Å². The van der Waals surface area contributed by atoms with E-state index in [-0.39, 0.29) is 5.82 Å². The monoisotopic (exact) mass is 240 g/mol. The number of anilines is 1. The minimum Gasteiger partial charge on any atom is -0.380 e. The molecule has 0 heterocycles. The largest absolute Gasteiger partial charge is 0.380 e. The molecular weight excluding hydrogens is 219 g/mol. The number of nitrogens with one attached hydrogen (secondary N) is 1. The number of benzene rings is 1. The van der Waals surface area contributed by atoms with E-state index in [0.29, 0.717) is 13.2 Å². The van der Waals surface area contributed by atoms with Crippen LogP contribution in [0.25, 0.3) is 0 Å². The summed E-state index contributed by atoms with van der Waals surface area (Å²) < 4.78 is 18.5. The minimum atomic E-state index is -0.197. The predicted molar refractivity (Wildman–Crippen MR) is 68.9 cm³/mol. The lowest BCUT2D eigenvalue weighted by molar-refractivity contribution is 0.154. The van der Waals surface area contributed by atoms with E-state index in [1.54, 1.807) is 6.07 Å². The van der Waals surface area contributed by atoms with E-state index in [0.717, 1.165) is 24.4 Å². The summed E-state index contributed by atoms with van der Waals surface area (Å²) in [5.41, 5.74) is 2.01. The number of nitrogens with zero attached hydrogens (tertiary/aromatic N) is 1. The van der Waals surface area contributed by atoms with Crippen molar-refractivity contribution in [2.24, 2.45) is 0 Å². The normalized spacial score (nSPS) is 10.6. The summed E-state index contributed by atoms with van der Waals surface area (Å²) >= 11 is 0. The Morgan fingerprint density at radius 2 is 2.18 bits per heavy atom. The Hall–Kier alpha value is -1.13. The molecule has 1 rings (SSSR count). The van der Waals surface area contributed by atoms with Gasteiger partial charge < -0.3 is 15.0 Å². The molecule has 0 fully saturated rings. The maximum Gasteiger partial charge on any atom is 0.123 e. The zero-order valence-corrected chi connectivity index (χ0v) is 10.8. The number of hydrogen-bond acceptors (Lipinski definition) is 3. The van der Waals surface area contributed by atoms with E-state index >= 15 is 0 Å². The van der Waals surface area contributed by atoms with Crippen molar-refractivity contribution in [1.82, 2.24) is 5.32 Å². The van der Waals surface area contributed by atoms with Gasteiger partial charge in [-0.15, -0.1) is 0 Å². The van der Waals surface area contributed by atoms with Gasteiger partial charge in [0.1, 0.15) is 5.82 Å². The zero-order chi connectivity index (χ0) is 12.7. The second kappa shape index (κ2) is 7.25. The summed E-state index contributed by atoms with van der Waals surface area (Å²) in [7, 11) is 3.85. The first-order chi connectivity index (χ1) is 8.19. The van der Waals surface area contributed by atoms with Gasteiger partial charge in [-0.3, -0.25) is 0 Å². The van der Waals surface area contributed by atoms with Crippen LogP contribution in [0, 0.1) is 5.82 Å². The highest BCUT2D eigenvalue weighted by Crippen LogP contribution is 2.20. The van der Waals surface area contributed by atoms with Crippen LogP contribution in [-0.2, 0) is 11.3 Å². The van der Waals surface area contributed by atoms with Gasteiger partial charge >= 0.3 is 0 Å². The first kappa shape index (κ1) is 13.9. The quantitative estimate of drug-likeness (QED) is 0.738. The molecule has 0 saturated heterocycles. The van der Waals surface area contributed by atoms with Crippen molar-refractivity contribution in [3.05, 3.63) is 29.6 Å². The van der Waals surface area contributed by atoms with Crippen LogP contribution < -0.4 is 10.2 Å². The summed E-state index contributed by atoms with van der Waals surface area (Å²) in [5.74, 6) is -0.197. The minimum absolute atomic E-state index is 0.197. The molecule has 1 aromatic rings. The molecule has 0 amide bonds. The number of rotatable bonds is 7. The van der Waals surface area contributed by atoms with E-state index in [4.69, 9.17) is 4.74 Å². The fraction of sp³-hybridized carbons (Fsp3) is 0.538. The molecule has 0 atom stereocenters. The number of likely N-dealkylation sites (N-methyl/N-ethyl adjacent to an activating group) is 1. The molecule has 0 saturated carbocycles. The van der Waals surface area contributed by atoms with Crippen LogP contribution in [0.15, 0.2) is 18.2 Å². The smallest absolute Gasteiger partial charge is 0.123 e. The van der Waals surface area contributed by atoms with Crippen LogP contribution >= 0.6 is 0 Å². The van der Waals surface area contributed by atoms with Gasteiger partial charge in [0.05, 0.1) is 6.61 Å². The molecule has 0 aliphatic carbocycles. The number of halogens is 1. The molecule has 3 nitrogen and oxygen atoms in total. The van der Waals surface area contributed by atoms with Crippen molar-refractivity contribution in [2.45, 2.75) is 13.5 Å². The highest BCUT2D eigenvalue weighted by atomic mass is 19.1. The summed E-state index contributed by atoms with van der Waals surface area (Å²) in [6.07, 6.45) is 0. The van der Waals surface area contributed by atoms with Gasteiger partial charge in [-0.25, -0.2) is 4.39 Å². The highest BCUT2D eigenvalue weighted by Gasteiger charge is 2.08. The average Bonchev–Trinajstić information content (AvgIpc) is 2.30. The lowest BCUT2D eigenvalue weighted by Crippen LogP contribution is -2.24. The maximum atomic E-state index is 13.2. The van der Waals surface area contributed by atoms with Crippen LogP contribution in [0.1, 0.15) is 12.5 Å². The van der Waals surface area contributed by atoms with E-state index in [1.165, 1.54) is 6.07 Å². The predicted octanol–water partition coefficient (Wildman–Crippen LogP) is 2.02. The second-order valence-electron chi connectivity index (χ2n) is 3.92. The van der Waals surface area contributed by atoms with Crippen LogP contribution in [0.4, 0.5) is 10.1 Å². The number of hydrogen-bond donors (Lipinski definition) is 1. The van der Waals surface area contributed by atoms with E-state index in [2.05, 4.69) is 10.2 Å². The SMILES string of the molecule is CCOCCN(C)c1ccc(F)cc1CNC. The lowest BCUT2D eigenvalue weighted by atomic mass is 10.1. The summed E-state index contributed by atoms with van der Waals surface area (Å²) in [6.45, 7) is 4.84. The fourth-order valence-corrected chi connectivity index (χ4v) is 1.72. The molecule has 1 N–H and O–H groups in total. The third kappa shape index (κ3) is 4.32. The molecule has 0 bridgehead atoms. The van der Waals surface area contributed by atoms with Gasteiger partial charge in [0, 0.05) is 32.4 Å². The standard InChI is InChI=1S/C13H21FN2O/c1-4-17-8-7-16(3)13-6-5-12(14)9-11(13)10-15-2/h5-6,9,15H,4,7-8,10H2,1-3H3. The topological polar surface area (TPSA) is 24.5 Å². The fourth-order valence-electron chi connectivity index (χ4n) is 1.72. The highest BCUT2D eigenvalue weighted by molar-refractivity contribution is 5.53. The van der Waals surface area contributed by atoms with Crippen molar-refractivity contribution < 1.29 is 9.13 Å². The van der Waals surface area contributed by atoms with Gasteiger partial charge in [0.15, 0.2) is 0 Å². The first-order valence-corrected chi connectivity index (χ1v) is 5.91. The third-order valence-corrected chi connectivity index (χ3v) is 2.60. The molecule has 0 unspecified atom stereocenters. The summed E-state index contributed by atoms with van der Waals surface area (Å²) in [5, 5.41) is 3.05. The molecule has 17 heavy (non-hydrogen) atoms. The van der Waals surface area contributed by atoms with Crippen LogP contribution in [0.5, 0.6) is 0 Å². The molecule has 96 valence electrons. The van der Waals surface area contributed by atoms with Gasteiger partial charge in [-0.05, 0) is 37.7 Å². The average molecular weight is 240 g/mol. The molecular formula is C13H21FN2O. The van der Waals surface area contributed by atoms with Gasteiger partial charge in [-0.1, -0.05) is 0 Å². The van der Waals surface area contributed by atoms with Crippen molar-refractivity contribution in [1.29, 1.82) is 0 Å². The summed E-state index contributed by atoms with van der Waals surface area (Å²) in [6, 6.07) is 4.88. The molecule has 4 heteroatoms. The maximum absolute atomic E-state index is 13.2. The molecule has 0 aliphatic heterocycles. The Kier molecular flexibility index (Phi) is 5.94. The Balaban J connectivity index is 2.73. The summed E-state index contributed by atoms with van der Waals surface area (Å²) in [4.78, 5) is 2.09. The van der Waals surface area contributed by atoms with Gasteiger partial charge in [0.25, 0.3) is 0 Å². The van der Waals surface area contributed by atoms with Crippen molar-refractivity contribution in [2.75, 3.05) is 38.8 Å². The Labute approximate surface area is 103 Å². The zero-order valence-electron chi connectivity index (χ0n) is 10.8. The van der Waals surface area contributed by atoms with E-state index < -0.39 is 0 Å². The van der Waals surface area contributed by atoms with Gasteiger partial charge in [0.2, 0.25) is 0 Å². The van der Waals surface area contributed by atoms with Crippen LogP contribution in [0.3, 0.4) is 0 Å². The van der Waals surface area contributed by atoms with E-state index in [1.807, 2.05) is 27.1 Å². The van der Waals surface area contributed by atoms with Gasteiger partial charge in [-0.2, -0.15) is 0 Å². The Morgan fingerprint density at radius 3 is 2.82 bits per heavy atom. The number of ether oxygens (including phenoxy) is 1. The first-order valence-electron chi connectivity index (χ1n) is 5.91. The molecule has 0 aromatic heterocycles. The molecule has 0 radical (unpaired) electrons. The molecule has 1 aromatic carbocycles. The van der Waals surface area contributed by atoms with Crippen LogP contribution in [-0.4, -0.2) is 33.9 Å². The van der Waals surface area contributed by atoms with Crippen molar-refractivity contribution in [3.8, 4) is 0 Å². The molecule has 0 spiro atoms. The lowest BCUT2D eigenvalue weighted by Gasteiger charge is -2.22. The Morgan fingerprint density at radius 1 is 1.41 bits per heavy atom. The third-order valence-electron chi connectivity index (χ3n) is 2.60. The molecule has 0 aliphatic rings. The van der Waals surface area contributed by atoms with E-state index in [9.17, 15) is 4.39 Å².